The lowest BCUT2D eigenvalue weighted by Crippen LogP contribution is -2.55. The number of benzene rings is 2. The van der Waals surface area contributed by atoms with Crippen molar-refractivity contribution in [2.75, 3.05) is 12.4 Å². The van der Waals surface area contributed by atoms with Crippen molar-refractivity contribution in [2.45, 2.75) is 18.5 Å². The maximum absolute atomic E-state index is 13.3. The van der Waals surface area contributed by atoms with Crippen LogP contribution in [0.4, 0.5) is 23.2 Å². The molecule has 1 aliphatic heterocycles. The highest BCUT2D eigenvalue weighted by molar-refractivity contribution is 7.87. The molecule has 150 valence electrons. The normalized spacial score (nSPS) is 22.0. The van der Waals surface area contributed by atoms with Gasteiger partial charge in [-0.25, -0.2) is 17.6 Å². The second-order valence-corrected chi connectivity index (χ2v) is 8.00. The average molecular weight is 417 g/mol. The minimum absolute atomic E-state index is 0.0284. The van der Waals surface area contributed by atoms with Crippen LogP contribution in [0.3, 0.4) is 0 Å². The summed E-state index contributed by atoms with van der Waals surface area (Å²) in [5, 5.41) is 2.19. The molecule has 0 saturated carbocycles. The number of likely N-dealkylation sites (N-methyl/N-ethyl adjacent to an activating group) is 1. The third-order valence-corrected chi connectivity index (χ3v) is 5.99. The van der Waals surface area contributed by atoms with Crippen molar-refractivity contribution >= 4 is 21.8 Å². The zero-order valence-corrected chi connectivity index (χ0v) is 15.2. The van der Waals surface area contributed by atoms with Gasteiger partial charge in [-0.1, -0.05) is 12.1 Å². The fourth-order valence-electron chi connectivity index (χ4n) is 2.87. The Kier molecular flexibility index (Phi) is 5.41. The molecule has 1 aliphatic rings. The van der Waals surface area contributed by atoms with E-state index in [-0.39, 0.29) is 12.1 Å². The first-order chi connectivity index (χ1) is 13.1. The first-order valence-corrected chi connectivity index (χ1v) is 9.48. The number of hydrogen-bond acceptors (Lipinski definition) is 3. The highest BCUT2D eigenvalue weighted by Crippen LogP contribution is 2.29. The summed E-state index contributed by atoms with van der Waals surface area (Å²) >= 11 is 0. The summed E-state index contributed by atoms with van der Waals surface area (Å²) in [5.41, 5.74) is 0.0822. The number of nitrogens with one attached hydrogen (secondary N) is 2. The Balaban J connectivity index is 1.86. The number of rotatable bonds is 3. The third-order valence-electron chi connectivity index (χ3n) is 4.39. The zero-order valence-electron chi connectivity index (χ0n) is 14.4. The molecule has 11 heteroatoms. The Morgan fingerprint density at radius 2 is 1.68 bits per heavy atom. The molecule has 6 nitrogen and oxygen atoms in total. The van der Waals surface area contributed by atoms with Crippen molar-refractivity contribution in [1.29, 1.82) is 0 Å². The van der Waals surface area contributed by atoms with E-state index in [9.17, 15) is 30.8 Å². The van der Waals surface area contributed by atoms with E-state index in [2.05, 4.69) is 10.0 Å². The summed E-state index contributed by atoms with van der Waals surface area (Å²) in [5.74, 6) is -6.04. The lowest BCUT2D eigenvalue weighted by molar-refractivity contribution is -0.120. The lowest BCUT2D eigenvalue weighted by Gasteiger charge is -2.36. The predicted molar refractivity (Wildman–Crippen MR) is 92.3 cm³/mol. The van der Waals surface area contributed by atoms with E-state index in [0.29, 0.717) is 17.7 Å². The van der Waals surface area contributed by atoms with Crippen molar-refractivity contribution in [3.63, 3.8) is 0 Å². The second kappa shape index (κ2) is 7.49. The Morgan fingerprint density at radius 3 is 2.25 bits per heavy atom. The standard InChI is InChI=1S/C17H15F4N3O3S/c1-24-15(17(25)22-11-6-12(19)16(21)13(20)7-11)8-14(23-28(24,26)27)9-2-4-10(18)5-3-9/h2-7,14-15,23H,8H2,1H3,(H,22,25)/t14-,15+/m0/s1. The molecule has 1 amide bonds. The lowest BCUT2D eigenvalue weighted by atomic mass is 9.99. The molecule has 0 unspecified atom stereocenters. The molecule has 2 aromatic rings. The smallest absolute Gasteiger partial charge is 0.280 e. The number of halogens is 4. The summed E-state index contributed by atoms with van der Waals surface area (Å²) in [4.78, 5) is 12.6. The monoisotopic (exact) mass is 417 g/mol. The number of carbonyl (C=O) groups excluding carboxylic acids is 1. The minimum atomic E-state index is -4.06. The van der Waals surface area contributed by atoms with Gasteiger partial charge in [0, 0.05) is 30.9 Å². The highest BCUT2D eigenvalue weighted by atomic mass is 32.2. The SMILES string of the molecule is CN1[C@@H](C(=O)Nc2cc(F)c(F)c(F)c2)C[C@@H](c2ccc(F)cc2)NS1(=O)=O. The zero-order chi connectivity index (χ0) is 20.6. The molecule has 0 aliphatic carbocycles. The largest absolute Gasteiger partial charge is 0.324 e. The molecular weight excluding hydrogens is 402 g/mol. The quantitative estimate of drug-likeness (QED) is 0.595. The van der Waals surface area contributed by atoms with Gasteiger partial charge in [0.25, 0.3) is 10.2 Å². The summed E-state index contributed by atoms with van der Waals surface area (Å²) in [6.45, 7) is 0. The number of carbonyl (C=O) groups is 1. The van der Waals surface area contributed by atoms with Gasteiger partial charge in [0.15, 0.2) is 17.5 Å². The summed E-state index contributed by atoms with van der Waals surface area (Å²) < 4.78 is 80.7. The van der Waals surface area contributed by atoms with Crippen LogP contribution in [-0.2, 0) is 15.0 Å². The molecule has 2 atom stereocenters. The molecule has 28 heavy (non-hydrogen) atoms. The van der Waals surface area contributed by atoms with Gasteiger partial charge in [0.05, 0.1) is 0 Å². The fraction of sp³-hybridized carbons (Fsp3) is 0.235. The van der Waals surface area contributed by atoms with Gasteiger partial charge in [-0.15, -0.1) is 0 Å². The van der Waals surface area contributed by atoms with Crippen molar-refractivity contribution in [3.8, 4) is 0 Å². The van der Waals surface area contributed by atoms with E-state index in [1.54, 1.807) is 0 Å². The van der Waals surface area contributed by atoms with Crippen LogP contribution in [0.25, 0.3) is 0 Å². The van der Waals surface area contributed by atoms with Crippen molar-refractivity contribution in [2.24, 2.45) is 0 Å². The fourth-order valence-corrected chi connectivity index (χ4v) is 4.15. The maximum Gasteiger partial charge on any atom is 0.280 e. The molecule has 0 radical (unpaired) electrons. The Hall–Kier alpha value is -2.50. The molecule has 0 bridgehead atoms. The van der Waals surface area contributed by atoms with Gasteiger partial charge in [0.2, 0.25) is 5.91 Å². The van der Waals surface area contributed by atoms with Crippen molar-refractivity contribution in [1.82, 2.24) is 9.03 Å². The molecule has 1 fully saturated rings. The van der Waals surface area contributed by atoms with Gasteiger partial charge in [-0.3, -0.25) is 4.79 Å². The van der Waals surface area contributed by atoms with Crippen LogP contribution in [0.2, 0.25) is 0 Å². The van der Waals surface area contributed by atoms with Crippen LogP contribution in [-0.4, -0.2) is 31.7 Å². The molecule has 1 heterocycles. The van der Waals surface area contributed by atoms with Crippen LogP contribution in [0.1, 0.15) is 18.0 Å². The Bertz CT molecular complexity index is 992. The van der Waals surface area contributed by atoms with Crippen LogP contribution in [0, 0.1) is 23.3 Å². The molecule has 1 saturated heterocycles. The van der Waals surface area contributed by atoms with E-state index < -0.39 is 51.5 Å². The summed E-state index contributed by atoms with van der Waals surface area (Å²) in [7, 11) is -2.89. The number of anilines is 1. The molecule has 2 aromatic carbocycles. The molecule has 0 spiro atoms. The molecular formula is C17H15F4N3O3S. The van der Waals surface area contributed by atoms with Gasteiger partial charge in [-0.05, 0) is 24.1 Å². The summed E-state index contributed by atoms with van der Waals surface area (Å²) in [6, 6.07) is 4.20. The van der Waals surface area contributed by atoms with Crippen LogP contribution < -0.4 is 10.0 Å². The number of hydrogen-bond donors (Lipinski definition) is 2. The van der Waals surface area contributed by atoms with Crippen LogP contribution >= 0.6 is 0 Å². The number of nitrogens with zero attached hydrogens (tertiary/aromatic N) is 1. The van der Waals surface area contributed by atoms with Crippen LogP contribution in [0.15, 0.2) is 36.4 Å². The summed E-state index contributed by atoms with van der Waals surface area (Å²) in [6.07, 6.45) is -0.0284. The minimum Gasteiger partial charge on any atom is -0.324 e. The van der Waals surface area contributed by atoms with Gasteiger partial charge in [-0.2, -0.15) is 17.4 Å². The number of amides is 1. The van der Waals surface area contributed by atoms with Crippen molar-refractivity contribution in [3.05, 3.63) is 65.2 Å². The molecule has 2 N–H and O–H groups in total. The predicted octanol–water partition coefficient (Wildman–Crippen LogP) is 2.46. The van der Waals surface area contributed by atoms with Gasteiger partial charge >= 0.3 is 0 Å². The average Bonchev–Trinajstić information content (AvgIpc) is 2.62. The van der Waals surface area contributed by atoms with Gasteiger partial charge < -0.3 is 5.32 Å². The van der Waals surface area contributed by atoms with Crippen LogP contribution in [0.5, 0.6) is 0 Å². The molecule has 3 rings (SSSR count). The first kappa shape index (κ1) is 20.2. The van der Waals surface area contributed by atoms with E-state index in [1.165, 1.54) is 19.2 Å². The first-order valence-electron chi connectivity index (χ1n) is 8.04. The van der Waals surface area contributed by atoms with E-state index in [0.717, 1.165) is 16.4 Å². The Morgan fingerprint density at radius 1 is 1.11 bits per heavy atom. The molecule has 0 aromatic heterocycles. The second-order valence-electron chi connectivity index (χ2n) is 6.24. The van der Waals surface area contributed by atoms with E-state index in [4.69, 9.17) is 0 Å². The highest BCUT2D eigenvalue weighted by Gasteiger charge is 2.40. The van der Waals surface area contributed by atoms with Crippen molar-refractivity contribution < 1.29 is 30.8 Å². The topological polar surface area (TPSA) is 78.5 Å². The maximum atomic E-state index is 13.3. The van der Waals surface area contributed by atoms with E-state index in [1.807, 2.05) is 0 Å². The third kappa shape index (κ3) is 4.01. The Labute approximate surface area is 158 Å². The van der Waals surface area contributed by atoms with E-state index >= 15 is 0 Å². The van der Waals surface area contributed by atoms with Gasteiger partial charge in [0.1, 0.15) is 11.9 Å².